The van der Waals surface area contributed by atoms with Crippen molar-refractivity contribution in [3.63, 3.8) is 0 Å². The molecule has 184 valence electrons. The van der Waals surface area contributed by atoms with E-state index in [9.17, 15) is 26.3 Å². The Kier molecular flexibility index (Phi) is 7.35. The Hall–Kier alpha value is -3.56. The molecule has 3 aromatic carbocycles. The molecule has 0 atom stereocenters. The first-order valence-corrected chi connectivity index (χ1v) is 10.0. The summed E-state index contributed by atoms with van der Waals surface area (Å²) in [4.78, 5) is 0. The van der Waals surface area contributed by atoms with Gasteiger partial charge < -0.3 is 22.9 Å². The summed E-state index contributed by atoms with van der Waals surface area (Å²) in [7, 11) is 0. The summed E-state index contributed by atoms with van der Waals surface area (Å²) in [5, 5.41) is 0. The maximum absolute atomic E-state index is 13.9. The van der Waals surface area contributed by atoms with Gasteiger partial charge in [0.1, 0.15) is 0 Å². The molecule has 0 radical (unpaired) electrons. The van der Waals surface area contributed by atoms with Crippen LogP contribution in [-0.4, -0.2) is 12.4 Å². The molecule has 34 heavy (non-hydrogen) atoms. The fraction of sp³-hybridized carbons (Fsp3) is 0.250. The monoisotopic (exact) mass is 484 g/mol. The highest BCUT2D eigenvalue weighted by atomic mass is 19.4. The number of nitrogens with two attached hydrogens (primary N) is 4. The molecule has 10 heteroatoms. The van der Waals surface area contributed by atoms with Gasteiger partial charge in [-0.05, 0) is 72.9 Å². The van der Waals surface area contributed by atoms with Gasteiger partial charge in [-0.1, -0.05) is 30.3 Å². The molecule has 0 saturated carbocycles. The molecule has 0 aliphatic carbocycles. The molecule has 0 bridgehead atoms. The first-order chi connectivity index (χ1) is 15.5. The van der Waals surface area contributed by atoms with Crippen molar-refractivity contribution in [2.24, 2.45) is 0 Å². The second-order valence-electron chi connectivity index (χ2n) is 8.00. The zero-order chi connectivity index (χ0) is 26.1. The van der Waals surface area contributed by atoms with Crippen LogP contribution in [0.15, 0.2) is 54.6 Å². The van der Waals surface area contributed by atoms with Crippen LogP contribution in [-0.2, 0) is 5.41 Å². The molecule has 0 aliphatic rings. The standard InChI is InChI=1S/C17H16F6N2.C7H10N2/c1-9-3-5-11(7-13(9)24)15(16(18,19)20,17(21,22)23)12-6-4-10(2)14(25)8-12;1-5-2-3-6(8)4-7(5)9/h3-8H,24-25H2,1-2H3;2-4H,8-9H2,1H3. The first kappa shape index (κ1) is 26.7. The molecule has 0 amide bonds. The maximum Gasteiger partial charge on any atom is 0.411 e. The number of rotatable bonds is 2. The van der Waals surface area contributed by atoms with E-state index in [0.717, 1.165) is 41.2 Å². The van der Waals surface area contributed by atoms with Crippen LogP contribution in [0.2, 0.25) is 0 Å². The summed E-state index contributed by atoms with van der Waals surface area (Å²) >= 11 is 0. The molecule has 0 aromatic heterocycles. The van der Waals surface area contributed by atoms with Crippen LogP contribution in [0, 0.1) is 20.8 Å². The summed E-state index contributed by atoms with van der Waals surface area (Å²) in [5.41, 5.74) is 18.9. The average Bonchev–Trinajstić information content (AvgIpc) is 2.69. The summed E-state index contributed by atoms with van der Waals surface area (Å²) in [5.74, 6) is 0. The maximum atomic E-state index is 13.9. The van der Waals surface area contributed by atoms with Crippen LogP contribution in [0.1, 0.15) is 27.8 Å². The third kappa shape index (κ3) is 5.00. The summed E-state index contributed by atoms with van der Waals surface area (Å²) in [6.07, 6.45) is -11.3. The third-order valence-electron chi connectivity index (χ3n) is 5.58. The van der Waals surface area contributed by atoms with Crippen LogP contribution >= 0.6 is 0 Å². The first-order valence-electron chi connectivity index (χ1n) is 10.0. The van der Waals surface area contributed by atoms with Gasteiger partial charge in [0.2, 0.25) is 5.41 Å². The van der Waals surface area contributed by atoms with E-state index in [2.05, 4.69) is 0 Å². The van der Waals surface area contributed by atoms with Gasteiger partial charge in [0, 0.05) is 22.7 Å². The second kappa shape index (κ2) is 9.36. The van der Waals surface area contributed by atoms with Crippen molar-refractivity contribution in [3.8, 4) is 0 Å². The molecular formula is C24H26F6N4. The number of benzene rings is 3. The molecule has 0 heterocycles. The number of alkyl halides is 6. The molecule has 8 N–H and O–H groups in total. The Balaban J connectivity index is 0.000000379. The van der Waals surface area contributed by atoms with Crippen LogP contribution in [0.25, 0.3) is 0 Å². The van der Waals surface area contributed by atoms with Crippen molar-refractivity contribution < 1.29 is 26.3 Å². The minimum absolute atomic E-state index is 0.157. The lowest BCUT2D eigenvalue weighted by Crippen LogP contribution is -2.54. The van der Waals surface area contributed by atoms with Gasteiger partial charge in [0.05, 0.1) is 0 Å². The van der Waals surface area contributed by atoms with E-state index >= 15 is 0 Å². The fourth-order valence-corrected chi connectivity index (χ4v) is 3.39. The number of halogens is 6. The minimum atomic E-state index is -5.66. The molecule has 0 aliphatic heterocycles. The van der Waals surface area contributed by atoms with Crippen molar-refractivity contribution in [1.29, 1.82) is 0 Å². The quantitative estimate of drug-likeness (QED) is 0.263. The Morgan fingerprint density at radius 1 is 0.500 bits per heavy atom. The third-order valence-corrected chi connectivity index (χ3v) is 5.58. The molecule has 0 spiro atoms. The average molecular weight is 484 g/mol. The van der Waals surface area contributed by atoms with Gasteiger partial charge in [0.15, 0.2) is 0 Å². The highest BCUT2D eigenvalue weighted by molar-refractivity contribution is 5.58. The predicted molar refractivity (Wildman–Crippen MR) is 124 cm³/mol. The van der Waals surface area contributed by atoms with Gasteiger partial charge in [-0.3, -0.25) is 0 Å². The van der Waals surface area contributed by atoms with Crippen LogP contribution in [0.5, 0.6) is 0 Å². The second-order valence-corrected chi connectivity index (χ2v) is 8.00. The van der Waals surface area contributed by atoms with Crippen molar-refractivity contribution in [2.75, 3.05) is 22.9 Å². The van der Waals surface area contributed by atoms with Crippen molar-refractivity contribution in [3.05, 3.63) is 82.4 Å². The minimum Gasteiger partial charge on any atom is -0.399 e. The molecule has 0 unspecified atom stereocenters. The van der Waals surface area contributed by atoms with Gasteiger partial charge >= 0.3 is 12.4 Å². The Morgan fingerprint density at radius 3 is 1.09 bits per heavy atom. The van der Waals surface area contributed by atoms with E-state index in [1.165, 1.54) is 13.8 Å². The van der Waals surface area contributed by atoms with Crippen LogP contribution < -0.4 is 22.9 Å². The lowest BCUT2D eigenvalue weighted by molar-refractivity contribution is -0.288. The predicted octanol–water partition coefficient (Wildman–Crippen LogP) is 6.04. The number of aryl methyl sites for hydroxylation is 3. The van der Waals surface area contributed by atoms with E-state index < -0.39 is 28.9 Å². The largest absolute Gasteiger partial charge is 0.411 e. The Bertz CT molecular complexity index is 1100. The van der Waals surface area contributed by atoms with E-state index in [-0.39, 0.29) is 11.4 Å². The molecule has 0 saturated heterocycles. The van der Waals surface area contributed by atoms with Gasteiger partial charge in [-0.15, -0.1) is 0 Å². The Labute approximate surface area is 193 Å². The summed E-state index contributed by atoms with van der Waals surface area (Å²) in [6, 6.07) is 10.8. The number of nitrogen functional groups attached to an aromatic ring is 4. The van der Waals surface area contributed by atoms with Crippen molar-refractivity contribution in [2.45, 2.75) is 38.5 Å². The molecule has 4 nitrogen and oxygen atoms in total. The molecular weight excluding hydrogens is 458 g/mol. The smallest absolute Gasteiger partial charge is 0.399 e. The van der Waals surface area contributed by atoms with Gasteiger partial charge in [-0.2, -0.15) is 26.3 Å². The van der Waals surface area contributed by atoms with Gasteiger partial charge in [-0.25, -0.2) is 0 Å². The van der Waals surface area contributed by atoms with E-state index in [0.29, 0.717) is 23.3 Å². The van der Waals surface area contributed by atoms with Crippen molar-refractivity contribution in [1.82, 2.24) is 0 Å². The summed E-state index contributed by atoms with van der Waals surface area (Å²) in [6.45, 7) is 4.94. The van der Waals surface area contributed by atoms with Gasteiger partial charge in [0.25, 0.3) is 0 Å². The Morgan fingerprint density at radius 2 is 0.824 bits per heavy atom. The lowest BCUT2D eigenvalue weighted by atomic mass is 9.72. The SMILES string of the molecule is Cc1ccc(C(c2ccc(C)c(N)c2)(C(F)(F)F)C(F)(F)F)cc1N.Cc1ccc(N)cc1N. The lowest BCUT2D eigenvalue weighted by Gasteiger charge is -2.38. The van der Waals surface area contributed by atoms with Crippen LogP contribution in [0.3, 0.4) is 0 Å². The number of hydrogen-bond donors (Lipinski definition) is 4. The highest BCUT2D eigenvalue weighted by Gasteiger charge is 2.72. The summed E-state index contributed by atoms with van der Waals surface area (Å²) < 4.78 is 83.4. The van der Waals surface area contributed by atoms with E-state index in [1.807, 2.05) is 19.1 Å². The highest BCUT2D eigenvalue weighted by Crippen LogP contribution is 2.56. The fourth-order valence-electron chi connectivity index (χ4n) is 3.39. The number of anilines is 4. The normalized spacial score (nSPS) is 12.1. The molecule has 3 aromatic rings. The molecule has 3 rings (SSSR count). The number of hydrogen-bond acceptors (Lipinski definition) is 4. The van der Waals surface area contributed by atoms with Crippen molar-refractivity contribution >= 4 is 22.7 Å². The van der Waals surface area contributed by atoms with E-state index in [1.54, 1.807) is 6.07 Å². The zero-order valence-electron chi connectivity index (χ0n) is 18.8. The van der Waals surface area contributed by atoms with Crippen LogP contribution in [0.4, 0.5) is 49.1 Å². The van der Waals surface area contributed by atoms with E-state index in [4.69, 9.17) is 22.9 Å². The zero-order valence-corrected chi connectivity index (χ0v) is 18.8. The topological polar surface area (TPSA) is 104 Å². The molecule has 0 fully saturated rings.